The molecule has 2 nitrogen and oxygen atoms in total. The second kappa shape index (κ2) is 11.2. The number of aliphatic hydroxyl groups is 1. The highest BCUT2D eigenvalue weighted by Gasteiger charge is 2.30. The number of hydrogen-bond donors (Lipinski definition) is 1. The van der Waals surface area contributed by atoms with Crippen molar-refractivity contribution in [2.24, 2.45) is 0 Å². The lowest BCUT2D eigenvalue weighted by Gasteiger charge is -2.30. The summed E-state index contributed by atoms with van der Waals surface area (Å²) in [6.45, 7) is 3.39. The average molecular weight is 523 g/mol. The van der Waals surface area contributed by atoms with Crippen molar-refractivity contribution in [1.29, 1.82) is 0 Å². The Morgan fingerprint density at radius 1 is 0.676 bits per heavy atom. The molecule has 1 N–H and O–H groups in total. The van der Waals surface area contributed by atoms with Crippen LogP contribution in [0.25, 0.3) is 11.1 Å². The van der Waals surface area contributed by atoms with Crippen LogP contribution in [-0.2, 0) is 0 Å². The number of halogens is 6. The Balaban J connectivity index is 1.53. The molecule has 1 fully saturated rings. The van der Waals surface area contributed by atoms with E-state index in [2.05, 4.69) is 0 Å². The maximum absolute atomic E-state index is 15.1. The Labute approximate surface area is 211 Å². The van der Waals surface area contributed by atoms with E-state index >= 15 is 8.78 Å². The highest BCUT2D eigenvalue weighted by atomic mass is 19.2. The van der Waals surface area contributed by atoms with Crippen LogP contribution in [0.15, 0.2) is 36.4 Å². The first-order chi connectivity index (χ1) is 17.7. The van der Waals surface area contributed by atoms with Crippen LogP contribution in [0.1, 0.15) is 80.6 Å². The van der Waals surface area contributed by atoms with Gasteiger partial charge in [-0.25, -0.2) is 22.0 Å². The molecule has 1 atom stereocenters. The summed E-state index contributed by atoms with van der Waals surface area (Å²) in [4.78, 5) is 0. The van der Waals surface area contributed by atoms with Gasteiger partial charge in [0.2, 0.25) is 5.82 Å². The van der Waals surface area contributed by atoms with Crippen LogP contribution in [0.3, 0.4) is 0 Å². The molecule has 1 unspecified atom stereocenters. The van der Waals surface area contributed by atoms with E-state index in [4.69, 9.17) is 4.74 Å². The Hall–Kier alpha value is -3.00. The molecule has 0 aliphatic heterocycles. The van der Waals surface area contributed by atoms with Gasteiger partial charge in [0.05, 0.1) is 12.7 Å². The quantitative estimate of drug-likeness (QED) is 0.316. The van der Waals surface area contributed by atoms with Crippen LogP contribution in [0.4, 0.5) is 26.3 Å². The lowest BCUT2D eigenvalue weighted by molar-refractivity contribution is 0.167. The molecule has 0 amide bonds. The van der Waals surface area contributed by atoms with Gasteiger partial charge in [0.1, 0.15) is 0 Å². The molecule has 1 aliphatic carbocycles. The number of aliphatic hydroxyl groups excluding tert-OH is 1. The molecule has 37 heavy (non-hydrogen) atoms. The van der Waals surface area contributed by atoms with E-state index in [-0.39, 0.29) is 47.3 Å². The largest absolute Gasteiger partial charge is 0.491 e. The summed E-state index contributed by atoms with van der Waals surface area (Å²) in [5, 5.41) is 9.88. The van der Waals surface area contributed by atoms with Crippen molar-refractivity contribution < 1.29 is 36.2 Å². The molecule has 8 heteroatoms. The maximum Gasteiger partial charge on any atom is 0.201 e. The minimum absolute atomic E-state index is 0.0843. The van der Waals surface area contributed by atoms with E-state index in [1.54, 1.807) is 13.8 Å². The molecule has 0 aromatic heterocycles. The molecular formula is C29H28F6O2. The fourth-order valence-corrected chi connectivity index (χ4v) is 5.18. The molecule has 4 rings (SSSR count). The second-order valence-electron chi connectivity index (χ2n) is 9.35. The first-order valence-corrected chi connectivity index (χ1v) is 12.4. The van der Waals surface area contributed by atoms with Crippen LogP contribution in [-0.4, -0.2) is 11.7 Å². The average Bonchev–Trinajstić information content (AvgIpc) is 2.90. The van der Waals surface area contributed by atoms with E-state index < -0.39 is 52.1 Å². The summed E-state index contributed by atoms with van der Waals surface area (Å²) in [6, 6.07) is 7.78. The van der Waals surface area contributed by atoms with Gasteiger partial charge in [0.25, 0.3) is 0 Å². The maximum atomic E-state index is 15.1. The van der Waals surface area contributed by atoms with E-state index in [0.717, 1.165) is 6.07 Å². The first-order valence-electron chi connectivity index (χ1n) is 12.4. The van der Waals surface area contributed by atoms with Crippen molar-refractivity contribution in [2.75, 3.05) is 6.61 Å². The Morgan fingerprint density at radius 2 is 1.16 bits per heavy atom. The summed E-state index contributed by atoms with van der Waals surface area (Å²) < 4.78 is 93.2. The van der Waals surface area contributed by atoms with Crippen molar-refractivity contribution in [3.63, 3.8) is 0 Å². The summed E-state index contributed by atoms with van der Waals surface area (Å²) >= 11 is 0. The zero-order valence-electron chi connectivity index (χ0n) is 20.6. The van der Waals surface area contributed by atoms with E-state index in [1.807, 2.05) is 0 Å². The monoisotopic (exact) mass is 522 g/mol. The van der Waals surface area contributed by atoms with Crippen molar-refractivity contribution >= 4 is 0 Å². The minimum Gasteiger partial charge on any atom is -0.491 e. The standard InChI is InChI=1S/C29H28F6O2/c1-3-22(36)21-12-10-18(25(31)28(21)34)16-7-5-15(6-8-16)17-9-11-19(26(32)24(17)30)20-13-14-23(37-4-2)29(35)27(20)33/h9-16,22,36H,3-8H2,1-2H3. The summed E-state index contributed by atoms with van der Waals surface area (Å²) in [7, 11) is 0. The zero-order valence-corrected chi connectivity index (χ0v) is 20.6. The van der Waals surface area contributed by atoms with Gasteiger partial charge < -0.3 is 9.84 Å². The zero-order chi connectivity index (χ0) is 26.9. The van der Waals surface area contributed by atoms with Crippen molar-refractivity contribution in [3.05, 3.63) is 88.0 Å². The van der Waals surface area contributed by atoms with Crippen molar-refractivity contribution in [1.82, 2.24) is 0 Å². The lowest BCUT2D eigenvalue weighted by Crippen LogP contribution is -2.16. The molecule has 1 aliphatic rings. The third-order valence-corrected chi connectivity index (χ3v) is 7.24. The third kappa shape index (κ3) is 5.08. The van der Waals surface area contributed by atoms with Crippen LogP contribution in [0, 0.1) is 34.9 Å². The van der Waals surface area contributed by atoms with Gasteiger partial charge in [-0.15, -0.1) is 0 Å². The van der Waals surface area contributed by atoms with Crippen LogP contribution < -0.4 is 4.74 Å². The van der Waals surface area contributed by atoms with Crippen LogP contribution in [0.5, 0.6) is 5.75 Å². The van der Waals surface area contributed by atoms with Gasteiger partial charge in [-0.3, -0.25) is 0 Å². The van der Waals surface area contributed by atoms with E-state index in [9.17, 15) is 22.7 Å². The molecular weight excluding hydrogens is 494 g/mol. The predicted octanol–water partition coefficient (Wildman–Crippen LogP) is 8.47. The molecule has 0 heterocycles. The predicted molar refractivity (Wildman–Crippen MR) is 128 cm³/mol. The fourth-order valence-electron chi connectivity index (χ4n) is 5.18. The van der Waals surface area contributed by atoms with Crippen molar-refractivity contribution in [3.8, 4) is 16.9 Å². The second-order valence-corrected chi connectivity index (χ2v) is 9.35. The highest BCUT2D eigenvalue weighted by Crippen LogP contribution is 2.44. The van der Waals surface area contributed by atoms with Crippen LogP contribution in [0.2, 0.25) is 0 Å². The van der Waals surface area contributed by atoms with Gasteiger partial charge in [0, 0.05) is 16.7 Å². The van der Waals surface area contributed by atoms with Gasteiger partial charge in [-0.1, -0.05) is 31.2 Å². The SMILES string of the molecule is CCOc1ccc(-c2ccc(C3CCC(c4ccc(C(O)CC)c(F)c4F)CC3)c(F)c2F)c(F)c1F. The minimum atomic E-state index is -1.33. The number of rotatable bonds is 7. The van der Waals surface area contributed by atoms with Gasteiger partial charge in [-0.2, -0.15) is 4.39 Å². The molecule has 3 aromatic carbocycles. The fraction of sp³-hybridized carbons (Fsp3) is 0.379. The third-order valence-electron chi connectivity index (χ3n) is 7.24. The Morgan fingerprint density at radius 3 is 1.70 bits per heavy atom. The molecule has 3 aromatic rings. The summed E-state index contributed by atoms with van der Waals surface area (Å²) in [6.07, 6.45) is 0.838. The molecule has 0 radical (unpaired) electrons. The van der Waals surface area contributed by atoms with Gasteiger partial charge >= 0.3 is 0 Å². The molecule has 0 spiro atoms. The topological polar surface area (TPSA) is 29.5 Å². The molecule has 0 saturated heterocycles. The smallest absolute Gasteiger partial charge is 0.201 e. The molecule has 198 valence electrons. The van der Waals surface area contributed by atoms with E-state index in [0.29, 0.717) is 25.7 Å². The van der Waals surface area contributed by atoms with Crippen molar-refractivity contribution in [2.45, 2.75) is 63.9 Å². The summed E-state index contributed by atoms with van der Waals surface area (Å²) in [5.74, 6) is -8.04. The Kier molecular flexibility index (Phi) is 8.17. The van der Waals surface area contributed by atoms with E-state index in [1.165, 1.54) is 30.3 Å². The normalized spacial score (nSPS) is 18.6. The molecule has 1 saturated carbocycles. The lowest BCUT2D eigenvalue weighted by atomic mass is 9.75. The summed E-state index contributed by atoms with van der Waals surface area (Å²) in [5.41, 5.74) is -0.584. The Bertz CT molecular complexity index is 1280. The highest BCUT2D eigenvalue weighted by molar-refractivity contribution is 5.66. The number of hydrogen-bond acceptors (Lipinski definition) is 2. The molecule has 0 bridgehead atoms. The number of ether oxygens (including phenoxy) is 1. The van der Waals surface area contributed by atoms with Gasteiger partial charge in [0.15, 0.2) is 34.8 Å². The van der Waals surface area contributed by atoms with Gasteiger partial charge in [-0.05, 0) is 74.1 Å². The first kappa shape index (κ1) is 27.0. The number of benzene rings is 3. The van der Waals surface area contributed by atoms with Crippen LogP contribution >= 0.6 is 0 Å².